The fraction of sp³-hybridized carbons (Fsp3) is 0.812. The number of imide groups is 1. The number of carbonyl (C=O) groups excluding carboxylic acids is 3. The van der Waals surface area contributed by atoms with Crippen molar-refractivity contribution >= 4 is 17.8 Å². The largest absolute Gasteiger partial charge is 0.373 e. The molecule has 0 bridgehead atoms. The number of nitrogens with zero attached hydrogens (tertiary/aromatic N) is 2. The molecule has 0 unspecified atom stereocenters. The molecule has 1 aliphatic carbocycles. The predicted octanol–water partition coefficient (Wildman–Crippen LogP) is 0.382. The molecule has 2 atom stereocenters. The molecule has 4 amide bonds. The molecule has 1 spiro atoms. The standard InChI is InChI=1S/C16H26N4O4/c1-11-8-19(9-12(2)24-11)10-13(21)18-20-14(22)16(17-15(20)23)6-4-3-5-7-16/h11-12H,3-10H2,1-2H3,(H,17,23)(H,18,21)/t11-,12+. The highest BCUT2D eigenvalue weighted by Gasteiger charge is 2.52. The lowest BCUT2D eigenvalue weighted by atomic mass is 9.82. The van der Waals surface area contributed by atoms with Crippen LogP contribution in [0, 0.1) is 0 Å². The van der Waals surface area contributed by atoms with Gasteiger partial charge in [0.2, 0.25) is 0 Å². The van der Waals surface area contributed by atoms with E-state index in [-0.39, 0.29) is 30.6 Å². The van der Waals surface area contributed by atoms with Gasteiger partial charge in [-0.25, -0.2) is 4.79 Å². The fourth-order valence-corrected chi connectivity index (χ4v) is 3.99. The van der Waals surface area contributed by atoms with Gasteiger partial charge in [0, 0.05) is 13.1 Å². The zero-order valence-corrected chi connectivity index (χ0v) is 14.3. The van der Waals surface area contributed by atoms with Crippen LogP contribution in [-0.2, 0) is 14.3 Å². The molecule has 0 aromatic heterocycles. The van der Waals surface area contributed by atoms with Gasteiger partial charge >= 0.3 is 6.03 Å². The molecule has 8 heteroatoms. The molecule has 8 nitrogen and oxygen atoms in total. The first-order chi connectivity index (χ1) is 11.4. The summed E-state index contributed by atoms with van der Waals surface area (Å²) in [6, 6.07) is -0.529. The highest BCUT2D eigenvalue weighted by Crippen LogP contribution is 2.32. The number of hydrogen-bond donors (Lipinski definition) is 2. The molecule has 3 rings (SSSR count). The van der Waals surface area contributed by atoms with Crippen LogP contribution >= 0.6 is 0 Å². The molecule has 24 heavy (non-hydrogen) atoms. The van der Waals surface area contributed by atoms with Crippen molar-refractivity contribution in [2.75, 3.05) is 19.6 Å². The van der Waals surface area contributed by atoms with Crippen molar-refractivity contribution in [3.8, 4) is 0 Å². The van der Waals surface area contributed by atoms with Crippen molar-refractivity contribution in [1.29, 1.82) is 0 Å². The smallest absolute Gasteiger partial charge is 0.344 e. The second kappa shape index (κ2) is 6.68. The van der Waals surface area contributed by atoms with Crippen LogP contribution in [0.5, 0.6) is 0 Å². The molecule has 2 saturated heterocycles. The summed E-state index contributed by atoms with van der Waals surface area (Å²) in [5.41, 5.74) is 1.66. The molecular formula is C16H26N4O4. The van der Waals surface area contributed by atoms with Crippen LogP contribution in [-0.4, -0.2) is 65.1 Å². The molecule has 3 aliphatic rings. The molecule has 0 radical (unpaired) electrons. The Morgan fingerprint density at radius 3 is 2.46 bits per heavy atom. The highest BCUT2D eigenvalue weighted by molar-refractivity contribution is 6.08. The molecule has 2 heterocycles. The number of rotatable bonds is 3. The second-order valence-corrected chi connectivity index (χ2v) is 7.20. The average Bonchev–Trinajstić information content (AvgIpc) is 2.71. The lowest BCUT2D eigenvalue weighted by Crippen LogP contribution is -2.54. The third-order valence-corrected chi connectivity index (χ3v) is 4.97. The van der Waals surface area contributed by atoms with Crippen LogP contribution in [0.4, 0.5) is 4.79 Å². The minimum atomic E-state index is -0.815. The third-order valence-electron chi connectivity index (χ3n) is 4.97. The fourth-order valence-electron chi connectivity index (χ4n) is 3.99. The Bertz CT molecular complexity index is 522. The molecule has 0 aromatic carbocycles. The summed E-state index contributed by atoms with van der Waals surface area (Å²) in [5.74, 6) is -0.683. The van der Waals surface area contributed by atoms with Crippen molar-refractivity contribution in [3.63, 3.8) is 0 Å². The van der Waals surface area contributed by atoms with E-state index in [4.69, 9.17) is 4.74 Å². The minimum absolute atomic E-state index is 0.0591. The lowest BCUT2D eigenvalue weighted by Gasteiger charge is -2.35. The number of hydrogen-bond acceptors (Lipinski definition) is 5. The molecule has 3 fully saturated rings. The van der Waals surface area contributed by atoms with E-state index in [1.54, 1.807) is 0 Å². The lowest BCUT2D eigenvalue weighted by molar-refractivity contribution is -0.141. The number of urea groups is 1. The van der Waals surface area contributed by atoms with E-state index in [1.165, 1.54) is 0 Å². The molecule has 134 valence electrons. The van der Waals surface area contributed by atoms with E-state index in [9.17, 15) is 14.4 Å². The van der Waals surface area contributed by atoms with Crippen LogP contribution in [0.2, 0.25) is 0 Å². The molecule has 1 saturated carbocycles. The Morgan fingerprint density at radius 2 is 1.83 bits per heavy atom. The first-order valence-corrected chi connectivity index (χ1v) is 8.74. The summed E-state index contributed by atoms with van der Waals surface area (Å²) in [4.78, 5) is 39.0. The zero-order valence-electron chi connectivity index (χ0n) is 14.3. The minimum Gasteiger partial charge on any atom is -0.373 e. The number of carbonyl (C=O) groups is 3. The maximum atomic E-state index is 12.6. The number of nitrogens with one attached hydrogen (secondary N) is 2. The van der Waals surface area contributed by atoms with Crippen LogP contribution < -0.4 is 10.7 Å². The molecule has 2 N–H and O–H groups in total. The molecule has 2 aliphatic heterocycles. The van der Waals surface area contributed by atoms with Gasteiger partial charge in [-0.1, -0.05) is 19.3 Å². The first kappa shape index (κ1) is 17.2. The predicted molar refractivity (Wildman–Crippen MR) is 85.8 cm³/mol. The van der Waals surface area contributed by atoms with Gasteiger partial charge in [-0.15, -0.1) is 0 Å². The zero-order chi connectivity index (χ0) is 17.3. The Balaban J connectivity index is 1.58. The average molecular weight is 338 g/mol. The van der Waals surface area contributed by atoms with Gasteiger partial charge in [0.1, 0.15) is 5.54 Å². The van der Waals surface area contributed by atoms with Gasteiger partial charge in [-0.2, -0.15) is 5.01 Å². The van der Waals surface area contributed by atoms with E-state index in [0.717, 1.165) is 24.3 Å². The van der Waals surface area contributed by atoms with Crippen molar-refractivity contribution in [3.05, 3.63) is 0 Å². The van der Waals surface area contributed by atoms with Gasteiger partial charge in [-0.05, 0) is 26.7 Å². The number of morpholine rings is 1. The van der Waals surface area contributed by atoms with Crippen molar-refractivity contribution in [1.82, 2.24) is 20.7 Å². The topological polar surface area (TPSA) is 91.0 Å². The summed E-state index contributed by atoms with van der Waals surface area (Å²) in [6.07, 6.45) is 4.30. The Hall–Kier alpha value is -1.67. The monoisotopic (exact) mass is 338 g/mol. The summed E-state index contributed by atoms with van der Waals surface area (Å²) in [6.45, 7) is 5.38. The number of amides is 4. The maximum absolute atomic E-state index is 12.6. The Kier molecular flexibility index (Phi) is 4.78. The van der Waals surface area contributed by atoms with Crippen LogP contribution in [0.25, 0.3) is 0 Å². The van der Waals surface area contributed by atoms with Crippen molar-refractivity contribution < 1.29 is 19.1 Å². The SMILES string of the molecule is C[C@@H]1CN(CC(=O)NN2C(=O)NC3(CCCCC3)C2=O)C[C@H](C)O1. The third kappa shape index (κ3) is 3.39. The van der Waals surface area contributed by atoms with Gasteiger partial charge in [-0.3, -0.25) is 19.9 Å². The van der Waals surface area contributed by atoms with Crippen LogP contribution in [0.1, 0.15) is 46.0 Å². The van der Waals surface area contributed by atoms with Gasteiger partial charge < -0.3 is 10.1 Å². The Labute approximate surface area is 141 Å². The second-order valence-electron chi connectivity index (χ2n) is 7.20. The maximum Gasteiger partial charge on any atom is 0.344 e. The number of ether oxygens (including phenoxy) is 1. The summed E-state index contributed by atoms with van der Waals surface area (Å²) >= 11 is 0. The quantitative estimate of drug-likeness (QED) is 0.726. The summed E-state index contributed by atoms with van der Waals surface area (Å²) in [7, 11) is 0. The van der Waals surface area contributed by atoms with E-state index < -0.39 is 11.6 Å². The summed E-state index contributed by atoms with van der Waals surface area (Å²) in [5, 5.41) is 3.64. The van der Waals surface area contributed by atoms with Crippen LogP contribution in [0.15, 0.2) is 0 Å². The van der Waals surface area contributed by atoms with Gasteiger partial charge in [0.05, 0.1) is 18.8 Å². The normalized spacial score (nSPS) is 30.5. The van der Waals surface area contributed by atoms with Crippen LogP contribution in [0.3, 0.4) is 0 Å². The summed E-state index contributed by atoms with van der Waals surface area (Å²) < 4.78 is 5.64. The Morgan fingerprint density at radius 1 is 1.21 bits per heavy atom. The van der Waals surface area contributed by atoms with Crippen molar-refractivity contribution in [2.45, 2.75) is 63.7 Å². The van der Waals surface area contributed by atoms with E-state index >= 15 is 0 Å². The van der Waals surface area contributed by atoms with Gasteiger partial charge in [0.15, 0.2) is 0 Å². The van der Waals surface area contributed by atoms with E-state index in [2.05, 4.69) is 10.7 Å². The molecular weight excluding hydrogens is 312 g/mol. The van der Waals surface area contributed by atoms with E-state index in [1.807, 2.05) is 18.7 Å². The highest BCUT2D eigenvalue weighted by atomic mass is 16.5. The van der Waals surface area contributed by atoms with E-state index in [0.29, 0.717) is 25.9 Å². The van der Waals surface area contributed by atoms with Crippen molar-refractivity contribution in [2.24, 2.45) is 0 Å². The molecule has 0 aromatic rings. The first-order valence-electron chi connectivity index (χ1n) is 8.74. The van der Waals surface area contributed by atoms with Gasteiger partial charge in [0.25, 0.3) is 11.8 Å². The number of hydrazine groups is 1.